The number of ether oxygens (including phenoxy) is 1. The summed E-state index contributed by atoms with van der Waals surface area (Å²) >= 11 is 0. The highest BCUT2D eigenvalue weighted by Gasteiger charge is 2.17. The summed E-state index contributed by atoms with van der Waals surface area (Å²) in [6.07, 6.45) is 8.30. The second-order valence-electron chi connectivity index (χ2n) is 5.66. The Bertz CT molecular complexity index is 706. The zero-order valence-corrected chi connectivity index (χ0v) is 13.7. The lowest BCUT2D eigenvalue weighted by molar-refractivity contribution is 0.210. The van der Waals surface area contributed by atoms with Crippen LogP contribution in [0.25, 0.3) is 0 Å². The quantitative estimate of drug-likeness (QED) is 0.842. The van der Waals surface area contributed by atoms with E-state index in [0.717, 1.165) is 18.6 Å². The van der Waals surface area contributed by atoms with Gasteiger partial charge in [-0.15, -0.1) is 0 Å². The second kappa shape index (κ2) is 7.14. The summed E-state index contributed by atoms with van der Waals surface area (Å²) in [5.74, 6) is 0.729. The first-order valence-electron chi connectivity index (χ1n) is 7.87. The van der Waals surface area contributed by atoms with E-state index in [2.05, 4.69) is 9.82 Å². The molecule has 2 aromatic rings. The van der Waals surface area contributed by atoms with Crippen LogP contribution in [0, 0.1) is 0 Å². The van der Waals surface area contributed by atoms with E-state index in [9.17, 15) is 8.42 Å². The van der Waals surface area contributed by atoms with Gasteiger partial charge in [0.2, 0.25) is 10.0 Å². The van der Waals surface area contributed by atoms with Crippen LogP contribution < -0.4 is 9.46 Å². The number of nitrogens with zero attached hydrogens (tertiary/aromatic N) is 2. The standard InChI is InChI=1S/C16H21N3O3S/c20-23(21,18-11-13-19-12-3-10-17-19)16-8-6-15(7-9-16)22-14-4-1-2-5-14/h3,6-10,12,14,18H,1-2,4-5,11,13H2. The van der Waals surface area contributed by atoms with Gasteiger partial charge in [0, 0.05) is 18.9 Å². The molecule has 1 aliphatic rings. The highest BCUT2D eigenvalue weighted by Crippen LogP contribution is 2.24. The number of nitrogens with one attached hydrogen (secondary N) is 1. The Balaban J connectivity index is 1.56. The van der Waals surface area contributed by atoms with Gasteiger partial charge in [0.05, 0.1) is 17.5 Å². The molecule has 0 unspecified atom stereocenters. The molecule has 0 spiro atoms. The molecule has 6 nitrogen and oxygen atoms in total. The molecule has 0 radical (unpaired) electrons. The molecule has 0 atom stereocenters. The van der Waals surface area contributed by atoms with Crippen LogP contribution in [0.2, 0.25) is 0 Å². The number of benzene rings is 1. The molecule has 1 heterocycles. The SMILES string of the molecule is O=S(=O)(NCCn1cccn1)c1ccc(OC2CCCC2)cc1. The minimum Gasteiger partial charge on any atom is -0.490 e. The summed E-state index contributed by atoms with van der Waals surface area (Å²) in [6, 6.07) is 8.42. The van der Waals surface area contributed by atoms with Crippen LogP contribution in [0.4, 0.5) is 0 Å². The normalized spacial score (nSPS) is 15.8. The summed E-state index contributed by atoms with van der Waals surface area (Å²) in [6.45, 7) is 0.791. The van der Waals surface area contributed by atoms with Gasteiger partial charge in [-0.05, 0) is 56.0 Å². The largest absolute Gasteiger partial charge is 0.490 e. The second-order valence-corrected chi connectivity index (χ2v) is 7.43. The molecule has 124 valence electrons. The smallest absolute Gasteiger partial charge is 0.240 e. The average Bonchev–Trinajstić information content (AvgIpc) is 3.21. The molecule has 1 aliphatic carbocycles. The van der Waals surface area contributed by atoms with Crippen LogP contribution >= 0.6 is 0 Å². The van der Waals surface area contributed by atoms with Crippen molar-refractivity contribution < 1.29 is 13.2 Å². The van der Waals surface area contributed by atoms with Gasteiger partial charge in [-0.1, -0.05) is 0 Å². The van der Waals surface area contributed by atoms with Gasteiger partial charge in [-0.3, -0.25) is 4.68 Å². The van der Waals surface area contributed by atoms with Gasteiger partial charge in [0.25, 0.3) is 0 Å². The lowest BCUT2D eigenvalue weighted by Gasteiger charge is -2.13. The maximum absolute atomic E-state index is 12.2. The fourth-order valence-corrected chi connectivity index (χ4v) is 3.73. The summed E-state index contributed by atoms with van der Waals surface area (Å²) in [5, 5.41) is 4.03. The van der Waals surface area contributed by atoms with Crippen molar-refractivity contribution in [2.75, 3.05) is 6.54 Å². The van der Waals surface area contributed by atoms with Crippen molar-refractivity contribution in [3.8, 4) is 5.75 Å². The molecule has 1 N–H and O–H groups in total. The monoisotopic (exact) mass is 335 g/mol. The summed E-state index contributed by atoms with van der Waals surface area (Å²) < 4.78 is 34.6. The fourth-order valence-electron chi connectivity index (χ4n) is 2.71. The Kier molecular flexibility index (Phi) is 4.97. The molecule has 1 saturated carbocycles. The van der Waals surface area contributed by atoms with Crippen molar-refractivity contribution in [3.05, 3.63) is 42.7 Å². The average molecular weight is 335 g/mol. The summed E-state index contributed by atoms with van der Waals surface area (Å²) in [5.41, 5.74) is 0. The molecule has 3 rings (SSSR count). The summed E-state index contributed by atoms with van der Waals surface area (Å²) in [7, 11) is -3.50. The van der Waals surface area contributed by atoms with Gasteiger partial charge in [0.15, 0.2) is 0 Å². The Morgan fingerprint density at radius 3 is 2.61 bits per heavy atom. The predicted octanol–water partition coefficient (Wildman–Crippen LogP) is 2.18. The third-order valence-corrected chi connectivity index (χ3v) is 5.41. The predicted molar refractivity (Wildman–Crippen MR) is 86.7 cm³/mol. The van der Waals surface area contributed by atoms with E-state index >= 15 is 0 Å². The van der Waals surface area contributed by atoms with Crippen LogP contribution in [0.5, 0.6) is 5.75 Å². The highest BCUT2D eigenvalue weighted by molar-refractivity contribution is 7.89. The van der Waals surface area contributed by atoms with E-state index in [1.807, 2.05) is 0 Å². The van der Waals surface area contributed by atoms with Gasteiger partial charge in [-0.25, -0.2) is 13.1 Å². The van der Waals surface area contributed by atoms with Crippen molar-refractivity contribution in [1.29, 1.82) is 0 Å². The Morgan fingerprint density at radius 1 is 1.22 bits per heavy atom. The lowest BCUT2D eigenvalue weighted by atomic mass is 10.3. The number of aromatic nitrogens is 2. The van der Waals surface area contributed by atoms with Gasteiger partial charge in [-0.2, -0.15) is 5.10 Å². The van der Waals surface area contributed by atoms with Crippen molar-refractivity contribution >= 4 is 10.0 Å². The topological polar surface area (TPSA) is 73.2 Å². The number of hydrogen-bond donors (Lipinski definition) is 1. The van der Waals surface area contributed by atoms with Crippen LogP contribution in [-0.2, 0) is 16.6 Å². The molecule has 1 fully saturated rings. The first kappa shape index (κ1) is 16.0. The molecule has 7 heteroatoms. The Morgan fingerprint density at radius 2 is 1.96 bits per heavy atom. The molecule has 0 aliphatic heterocycles. The van der Waals surface area contributed by atoms with E-state index in [4.69, 9.17) is 4.74 Å². The molecular formula is C16H21N3O3S. The maximum Gasteiger partial charge on any atom is 0.240 e. The molecule has 1 aromatic carbocycles. The zero-order chi connectivity index (χ0) is 16.1. The van der Waals surface area contributed by atoms with Crippen LogP contribution in [-0.4, -0.2) is 30.8 Å². The maximum atomic E-state index is 12.2. The molecule has 0 amide bonds. The lowest BCUT2D eigenvalue weighted by Crippen LogP contribution is -2.27. The van der Waals surface area contributed by atoms with Crippen molar-refractivity contribution in [2.45, 2.75) is 43.2 Å². The minimum atomic E-state index is -3.50. The Hall–Kier alpha value is -1.86. The van der Waals surface area contributed by atoms with E-state index < -0.39 is 10.0 Å². The first-order chi connectivity index (χ1) is 11.1. The minimum absolute atomic E-state index is 0.247. The van der Waals surface area contributed by atoms with Gasteiger partial charge >= 0.3 is 0 Å². The third kappa shape index (κ3) is 4.33. The van der Waals surface area contributed by atoms with Crippen molar-refractivity contribution in [3.63, 3.8) is 0 Å². The zero-order valence-electron chi connectivity index (χ0n) is 12.9. The van der Waals surface area contributed by atoms with Crippen LogP contribution in [0.3, 0.4) is 0 Å². The third-order valence-electron chi connectivity index (χ3n) is 3.93. The van der Waals surface area contributed by atoms with E-state index in [-0.39, 0.29) is 11.0 Å². The number of sulfonamides is 1. The number of hydrogen-bond acceptors (Lipinski definition) is 4. The molecule has 0 saturated heterocycles. The summed E-state index contributed by atoms with van der Waals surface area (Å²) in [4.78, 5) is 0.247. The fraction of sp³-hybridized carbons (Fsp3) is 0.438. The van der Waals surface area contributed by atoms with Crippen LogP contribution in [0.1, 0.15) is 25.7 Å². The molecule has 23 heavy (non-hydrogen) atoms. The Labute approximate surface area is 136 Å². The molecule has 1 aromatic heterocycles. The van der Waals surface area contributed by atoms with E-state index in [0.29, 0.717) is 13.1 Å². The molecule has 0 bridgehead atoms. The van der Waals surface area contributed by atoms with E-state index in [1.54, 1.807) is 47.4 Å². The highest BCUT2D eigenvalue weighted by atomic mass is 32.2. The van der Waals surface area contributed by atoms with Gasteiger partial charge < -0.3 is 4.74 Å². The van der Waals surface area contributed by atoms with Crippen molar-refractivity contribution in [2.24, 2.45) is 0 Å². The van der Waals surface area contributed by atoms with Gasteiger partial charge in [0.1, 0.15) is 5.75 Å². The van der Waals surface area contributed by atoms with Crippen LogP contribution in [0.15, 0.2) is 47.6 Å². The molecular weight excluding hydrogens is 314 g/mol. The van der Waals surface area contributed by atoms with Crippen molar-refractivity contribution in [1.82, 2.24) is 14.5 Å². The first-order valence-corrected chi connectivity index (χ1v) is 9.36. The van der Waals surface area contributed by atoms with E-state index in [1.165, 1.54) is 12.8 Å². The number of rotatable bonds is 7.